The number of benzene rings is 1. The lowest BCUT2D eigenvalue weighted by Crippen LogP contribution is -2.18. The van der Waals surface area contributed by atoms with E-state index in [-0.39, 0.29) is 24.0 Å². The Morgan fingerprint density at radius 1 is 1.09 bits per heavy atom. The van der Waals surface area contributed by atoms with E-state index in [9.17, 15) is 18.3 Å². The standard InChI is InChI=1S/C21H22F3N7O/c22-11-7-15(23)18(16(24)8-11)29-21-28-17-10-26-20(27-12-1-3-14(32)4-2-12)30-19(17)31(21)13-5-6-25-9-13/h7-8,10,13-14,25,32H,1-6,9H2,(H,28,29)/t13-,14?/m0/s1. The molecule has 0 radical (unpaired) electrons. The third-order valence-corrected chi connectivity index (χ3v) is 5.85. The number of fused-ring (bicyclic) bond motifs is 1. The van der Waals surface area contributed by atoms with Gasteiger partial charge in [-0.25, -0.2) is 28.1 Å². The Bertz CT molecular complexity index is 1160. The van der Waals surface area contributed by atoms with Crippen LogP contribution < -0.4 is 10.6 Å². The lowest BCUT2D eigenvalue weighted by atomic mass is 9.96. The average molecular weight is 445 g/mol. The highest BCUT2D eigenvalue weighted by Crippen LogP contribution is 2.31. The molecule has 1 aromatic carbocycles. The van der Waals surface area contributed by atoms with Gasteiger partial charge in [0.2, 0.25) is 5.95 Å². The number of aliphatic hydroxyl groups is 1. The summed E-state index contributed by atoms with van der Waals surface area (Å²) in [6, 6.07) is 1.18. The van der Waals surface area contributed by atoms with E-state index in [2.05, 4.69) is 30.6 Å². The molecule has 11 heteroatoms. The van der Waals surface area contributed by atoms with E-state index in [4.69, 9.17) is 0 Å². The average Bonchev–Trinajstić information content (AvgIpc) is 3.39. The van der Waals surface area contributed by atoms with E-state index >= 15 is 0 Å². The number of hydrogen-bond donors (Lipinski definition) is 3. The number of aliphatic hydroxyl groups excluding tert-OH is 1. The maximum Gasteiger partial charge on any atom is 0.251 e. The van der Waals surface area contributed by atoms with Crippen LogP contribution in [0.5, 0.6) is 0 Å². The SMILES string of the molecule is OC1CCC(=Nc2ncc3nc(Nc4c(F)cc(F)cc4F)n([C@H]4CCNC4)c3n2)CC1. The van der Waals surface area contributed by atoms with Crippen molar-refractivity contribution >= 4 is 34.5 Å². The van der Waals surface area contributed by atoms with Crippen LogP contribution in [0.1, 0.15) is 38.1 Å². The largest absolute Gasteiger partial charge is 0.393 e. The minimum atomic E-state index is -1.05. The summed E-state index contributed by atoms with van der Waals surface area (Å²) in [5.41, 5.74) is 1.39. The number of nitrogens with one attached hydrogen (secondary N) is 2. The summed E-state index contributed by atoms with van der Waals surface area (Å²) in [7, 11) is 0. The smallest absolute Gasteiger partial charge is 0.251 e. The maximum absolute atomic E-state index is 14.3. The Morgan fingerprint density at radius 2 is 1.84 bits per heavy atom. The van der Waals surface area contributed by atoms with Crippen molar-refractivity contribution in [3.63, 3.8) is 0 Å². The molecule has 0 bridgehead atoms. The van der Waals surface area contributed by atoms with Gasteiger partial charge in [0.25, 0.3) is 5.95 Å². The van der Waals surface area contributed by atoms with E-state index in [1.165, 1.54) is 6.20 Å². The summed E-state index contributed by atoms with van der Waals surface area (Å²) in [6.07, 6.45) is 4.70. The molecule has 8 nitrogen and oxygen atoms in total. The number of rotatable bonds is 4. The normalized spacial score (nSPS) is 21.3. The Balaban J connectivity index is 1.56. The first-order chi connectivity index (χ1) is 15.5. The molecule has 168 valence electrons. The maximum atomic E-state index is 14.3. The number of imidazole rings is 1. The number of nitrogens with zero attached hydrogens (tertiary/aromatic N) is 5. The first-order valence-corrected chi connectivity index (χ1v) is 10.6. The van der Waals surface area contributed by atoms with Crippen LogP contribution in [0.25, 0.3) is 11.2 Å². The zero-order valence-corrected chi connectivity index (χ0v) is 17.2. The van der Waals surface area contributed by atoms with E-state index < -0.39 is 23.1 Å². The third kappa shape index (κ3) is 4.05. The van der Waals surface area contributed by atoms with Gasteiger partial charge in [-0.05, 0) is 38.6 Å². The first-order valence-electron chi connectivity index (χ1n) is 10.6. The van der Waals surface area contributed by atoms with Gasteiger partial charge in [0.1, 0.15) is 17.0 Å². The van der Waals surface area contributed by atoms with Crippen molar-refractivity contribution in [2.24, 2.45) is 4.99 Å². The van der Waals surface area contributed by atoms with E-state index in [0.717, 1.165) is 18.7 Å². The van der Waals surface area contributed by atoms with E-state index in [1.54, 1.807) is 4.57 Å². The lowest BCUT2D eigenvalue weighted by Gasteiger charge is -2.18. The molecule has 1 saturated carbocycles. The minimum Gasteiger partial charge on any atom is -0.393 e. The summed E-state index contributed by atoms with van der Waals surface area (Å²) in [5.74, 6) is -2.63. The molecule has 0 spiro atoms. The molecule has 0 unspecified atom stereocenters. The van der Waals surface area contributed by atoms with Crippen LogP contribution in [0, 0.1) is 17.5 Å². The Hall–Kier alpha value is -3.05. The topological polar surface area (TPSA) is 100 Å². The fraction of sp³-hybridized carbons (Fsp3) is 0.429. The van der Waals surface area contributed by atoms with Gasteiger partial charge in [0, 0.05) is 24.4 Å². The first kappa shape index (κ1) is 20.8. The van der Waals surface area contributed by atoms with Gasteiger partial charge in [-0.2, -0.15) is 4.98 Å². The molecule has 3 N–H and O–H groups in total. The van der Waals surface area contributed by atoms with Crippen molar-refractivity contribution in [1.29, 1.82) is 0 Å². The van der Waals surface area contributed by atoms with Crippen molar-refractivity contribution in [2.45, 2.75) is 44.2 Å². The highest BCUT2D eigenvalue weighted by Gasteiger charge is 2.25. The quantitative estimate of drug-likeness (QED) is 0.568. The second-order valence-electron chi connectivity index (χ2n) is 8.11. The van der Waals surface area contributed by atoms with Crippen LogP contribution in [-0.4, -0.2) is 49.5 Å². The lowest BCUT2D eigenvalue weighted by molar-refractivity contribution is 0.152. The summed E-state index contributed by atoms with van der Waals surface area (Å²) in [5, 5.41) is 15.6. The summed E-state index contributed by atoms with van der Waals surface area (Å²) in [4.78, 5) is 17.8. The molecule has 2 aromatic heterocycles. The number of aliphatic imine (C=N–C) groups is 1. The summed E-state index contributed by atoms with van der Waals surface area (Å²) >= 11 is 0. The molecule has 1 aliphatic carbocycles. The van der Waals surface area contributed by atoms with E-state index in [0.29, 0.717) is 55.5 Å². The molecule has 3 heterocycles. The van der Waals surface area contributed by atoms with Crippen LogP contribution in [0.15, 0.2) is 23.3 Å². The molecular weight excluding hydrogens is 423 g/mol. The van der Waals surface area contributed by atoms with Gasteiger partial charge >= 0.3 is 0 Å². The Kier molecular flexibility index (Phi) is 5.51. The highest BCUT2D eigenvalue weighted by molar-refractivity contribution is 5.87. The fourth-order valence-corrected chi connectivity index (χ4v) is 4.19. The van der Waals surface area contributed by atoms with Crippen molar-refractivity contribution in [1.82, 2.24) is 24.8 Å². The van der Waals surface area contributed by atoms with Gasteiger partial charge in [-0.3, -0.25) is 4.57 Å². The summed E-state index contributed by atoms with van der Waals surface area (Å²) < 4.78 is 43.6. The fourth-order valence-electron chi connectivity index (χ4n) is 4.19. The number of hydrogen-bond acceptors (Lipinski definition) is 7. The van der Waals surface area contributed by atoms with Gasteiger partial charge in [0.05, 0.1) is 18.3 Å². The zero-order valence-electron chi connectivity index (χ0n) is 17.2. The molecule has 1 saturated heterocycles. The number of halogens is 3. The molecule has 2 aliphatic rings. The molecule has 1 atom stereocenters. The van der Waals surface area contributed by atoms with Gasteiger partial charge in [0.15, 0.2) is 17.3 Å². The molecule has 2 fully saturated rings. The van der Waals surface area contributed by atoms with Gasteiger partial charge in [-0.1, -0.05) is 0 Å². The number of aromatic nitrogens is 4. The van der Waals surface area contributed by atoms with Crippen LogP contribution in [0.2, 0.25) is 0 Å². The predicted molar refractivity (Wildman–Crippen MR) is 113 cm³/mol. The number of anilines is 2. The Labute approximate surface area is 181 Å². The van der Waals surface area contributed by atoms with Crippen molar-refractivity contribution in [2.75, 3.05) is 18.4 Å². The molecule has 1 aliphatic heterocycles. The van der Waals surface area contributed by atoms with Gasteiger partial charge in [-0.15, -0.1) is 0 Å². The van der Waals surface area contributed by atoms with E-state index in [1.807, 2.05) is 0 Å². The summed E-state index contributed by atoms with van der Waals surface area (Å²) in [6.45, 7) is 1.42. The molecule has 32 heavy (non-hydrogen) atoms. The molecule has 0 amide bonds. The third-order valence-electron chi connectivity index (χ3n) is 5.85. The zero-order chi connectivity index (χ0) is 22.2. The van der Waals surface area contributed by atoms with Gasteiger partial charge < -0.3 is 15.7 Å². The minimum absolute atomic E-state index is 0.0469. The second kappa shape index (κ2) is 8.47. The van der Waals surface area contributed by atoms with Crippen molar-refractivity contribution < 1.29 is 18.3 Å². The van der Waals surface area contributed by atoms with Crippen LogP contribution in [0.3, 0.4) is 0 Å². The predicted octanol–water partition coefficient (Wildman–Crippen LogP) is 3.53. The van der Waals surface area contributed by atoms with Crippen LogP contribution in [0.4, 0.5) is 30.8 Å². The second-order valence-corrected chi connectivity index (χ2v) is 8.11. The van der Waals surface area contributed by atoms with Crippen LogP contribution in [-0.2, 0) is 0 Å². The monoisotopic (exact) mass is 445 g/mol. The van der Waals surface area contributed by atoms with Crippen molar-refractivity contribution in [3.8, 4) is 0 Å². The molecular formula is C21H22F3N7O. The van der Waals surface area contributed by atoms with Crippen molar-refractivity contribution in [3.05, 3.63) is 35.8 Å². The highest BCUT2D eigenvalue weighted by atomic mass is 19.1. The molecule has 5 rings (SSSR count). The molecule has 3 aromatic rings. The Morgan fingerprint density at radius 3 is 2.53 bits per heavy atom. The van der Waals surface area contributed by atoms with Crippen LogP contribution >= 0.6 is 0 Å².